The first-order valence-electron chi connectivity index (χ1n) is 2.10. The molecule has 0 aromatic heterocycles. The predicted octanol–water partition coefficient (Wildman–Crippen LogP) is 3.20. The Hall–Kier alpha value is -0.0100. The SMILES string of the molecule is Cl\C=C/C=C/C=C/Br. The van der Waals surface area contributed by atoms with Crippen molar-refractivity contribution in [2.75, 3.05) is 0 Å². The fourth-order valence-electron chi connectivity index (χ4n) is 0.212. The Bertz CT molecular complexity index is 99.7. The molecule has 0 amide bonds. The van der Waals surface area contributed by atoms with E-state index in [1.54, 1.807) is 11.1 Å². The van der Waals surface area contributed by atoms with Gasteiger partial charge in [-0.15, -0.1) is 0 Å². The smallest absolute Gasteiger partial charge is 0.00424 e. The molecule has 0 aromatic carbocycles. The van der Waals surface area contributed by atoms with E-state index in [1.807, 2.05) is 18.2 Å². The summed E-state index contributed by atoms with van der Waals surface area (Å²) in [4.78, 5) is 1.77. The molecule has 0 radical (unpaired) electrons. The number of allylic oxidation sites excluding steroid dienone is 4. The van der Waals surface area contributed by atoms with Gasteiger partial charge in [0.2, 0.25) is 0 Å². The van der Waals surface area contributed by atoms with E-state index >= 15 is 0 Å². The summed E-state index contributed by atoms with van der Waals surface area (Å²) in [6, 6.07) is 0. The van der Waals surface area contributed by atoms with E-state index < -0.39 is 0 Å². The normalized spacial score (nSPS) is 12.8. The third kappa shape index (κ3) is 5.99. The molecule has 0 fully saturated rings. The van der Waals surface area contributed by atoms with Crippen LogP contribution in [-0.4, -0.2) is 0 Å². The van der Waals surface area contributed by atoms with Crippen molar-refractivity contribution in [2.45, 2.75) is 0 Å². The van der Waals surface area contributed by atoms with Crippen LogP contribution in [0.25, 0.3) is 0 Å². The molecule has 0 saturated heterocycles. The van der Waals surface area contributed by atoms with Crippen molar-refractivity contribution in [3.8, 4) is 0 Å². The Kier molecular flexibility index (Phi) is 6.98. The minimum Gasteiger partial charge on any atom is -0.0930 e. The van der Waals surface area contributed by atoms with Crippen LogP contribution in [0.3, 0.4) is 0 Å². The Morgan fingerprint density at radius 1 is 1.00 bits per heavy atom. The van der Waals surface area contributed by atoms with E-state index in [4.69, 9.17) is 11.6 Å². The third-order valence-electron chi connectivity index (χ3n) is 0.479. The maximum absolute atomic E-state index is 5.21. The lowest BCUT2D eigenvalue weighted by molar-refractivity contribution is 1.96. The molecule has 0 N–H and O–H groups in total. The molecule has 2 heteroatoms. The average Bonchev–Trinajstić information content (AvgIpc) is 1.81. The summed E-state index contributed by atoms with van der Waals surface area (Å²) >= 11 is 8.33. The molecule has 0 aromatic rings. The summed E-state index contributed by atoms with van der Waals surface area (Å²) in [5, 5.41) is 0. The molecule has 0 nitrogen and oxygen atoms in total. The summed E-state index contributed by atoms with van der Waals surface area (Å²) in [6.07, 6.45) is 7.31. The van der Waals surface area contributed by atoms with E-state index in [2.05, 4.69) is 15.9 Å². The van der Waals surface area contributed by atoms with Gasteiger partial charge in [-0.1, -0.05) is 51.8 Å². The summed E-state index contributed by atoms with van der Waals surface area (Å²) in [7, 11) is 0. The molecule has 0 unspecified atom stereocenters. The largest absolute Gasteiger partial charge is 0.0930 e. The molecule has 8 heavy (non-hydrogen) atoms. The standard InChI is InChI=1S/C6H6BrCl/c7-5-3-1-2-4-6-8/h1-6H/b2-1+,5-3+,6-4-. The molecule has 0 rings (SSSR count). The van der Waals surface area contributed by atoms with Crippen molar-refractivity contribution in [1.82, 2.24) is 0 Å². The number of rotatable bonds is 2. The van der Waals surface area contributed by atoms with Gasteiger partial charge in [0.1, 0.15) is 0 Å². The topological polar surface area (TPSA) is 0 Å². The second-order valence-corrected chi connectivity index (χ2v) is 1.80. The van der Waals surface area contributed by atoms with Crippen molar-refractivity contribution in [3.63, 3.8) is 0 Å². The van der Waals surface area contributed by atoms with Gasteiger partial charge >= 0.3 is 0 Å². The van der Waals surface area contributed by atoms with Gasteiger partial charge in [0, 0.05) is 5.54 Å². The number of hydrogen-bond acceptors (Lipinski definition) is 0. The average molecular weight is 193 g/mol. The highest BCUT2D eigenvalue weighted by atomic mass is 79.9. The molecule has 0 aliphatic carbocycles. The lowest BCUT2D eigenvalue weighted by atomic mass is 10.5. The molecule has 0 atom stereocenters. The van der Waals surface area contributed by atoms with Crippen LogP contribution in [0.5, 0.6) is 0 Å². The number of halogens is 2. The maximum atomic E-state index is 5.21. The van der Waals surface area contributed by atoms with Gasteiger partial charge in [-0.05, 0) is 4.99 Å². The van der Waals surface area contributed by atoms with Crippen molar-refractivity contribution >= 4 is 27.5 Å². The highest BCUT2D eigenvalue weighted by molar-refractivity contribution is 9.11. The van der Waals surface area contributed by atoms with Crippen LogP contribution < -0.4 is 0 Å². The molecule has 0 aliphatic rings. The van der Waals surface area contributed by atoms with E-state index in [0.717, 1.165) is 0 Å². The minimum absolute atomic E-state index is 1.46. The van der Waals surface area contributed by atoms with Gasteiger partial charge in [-0.25, -0.2) is 0 Å². The molecule has 0 saturated carbocycles. The first-order valence-corrected chi connectivity index (χ1v) is 3.46. The van der Waals surface area contributed by atoms with Crippen molar-refractivity contribution in [3.05, 3.63) is 34.8 Å². The van der Waals surface area contributed by atoms with Crippen LogP contribution in [0.15, 0.2) is 34.8 Å². The second kappa shape index (κ2) is 6.99. The minimum atomic E-state index is 1.46. The predicted molar refractivity (Wildman–Crippen MR) is 42.2 cm³/mol. The zero-order valence-corrected chi connectivity index (χ0v) is 6.56. The van der Waals surface area contributed by atoms with Crippen LogP contribution in [0.2, 0.25) is 0 Å². The van der Waals surface area contributed by atoms with Gasteiger partial charge in [0.05, 0.1) is 0 Å². The van der Waals surface area contributed by atoms with Crippen LogP contribution in [0, 0.1) is 0 Å². The zero-order valence-electron chi connectivity index (χ0n) is 4.22. The monoisotopic (exact) mass is 192 g/mol. The quantitative estimate of drug-likeness (QED) is 0.591. The fourth-order valence-corrected chi connectivity index (χ4v) is 0.473. The van der Waals surface area contributed by atoms with Gasteiger partial charge in [-0.2, -0.15) is 0 Å². The summed E-state index contributed by atoms with van der Waals surface area (Å²) in [6.45, 7) is 0. The van der Waals surface area contributed by atoms with E-state index in [-0.39, 0.29) is 0 Å². The van der Waals surface area contributed by atoms with Gasteiger partial charge < -0.3 is 0 Å². The van der Waals surface area contributed by atoms with Crippen LogP contribution in [0.4, 0.5) is 0 Å². The van der Waals surface area contributed by atoms with Gasteiger partial charge in [0.15, 0.2) is 0 Å². The summed E-state index contributed by atoms with van der Waals surface area (Å²) in [5.41, 5.74) is 1.46. The van der Waals surface area contributed by atoms with Crippen LogP contribution in [-0.2, 0) is 0 Å². The van der Waals surface area contributed by atoms with E-state index in [1.165, 1.54) is 5.54 Å². The van der Waals surface area contributed by atoms with Gasteiger partial charge in [0.25, 0.3) is 0 Å². The molecule has 0 heterocycles. The third-order valence-corrected chi connectivity index (χ3v) is 0.930. The molecule has 44 valence electrons. The lowest BCUT2D eigenvalue weighted by Crippen LogP contribution is -1.43. The summed E-state index contributed by atoms with van der Waals surface area (Å²) in [5.74, 6) is 0. The van der Waals surface area contributed by atoms with E-state index in [9.17, 15) is 0 Å². The highest BCUT2D eigenvalue weighted by Crippen LogP contribution is 1.85. The van der Waals surface area contributed by atoms with Crippen molar-refractivity contribution in [2.24, 2.45) is 0 Å². The second-order valence-electron chi connectivity index (χ2n) is 1.02. The highest BCUT2D eigenvalue weighted by Gasteiger charge is 1.57. The maximum Gasteiger partial charge on any atom is 0.00424 e. The first kappa shape index (κ1) is 7.99. The molecule has 0 aliphatic heterocycles. The van der Waals surface area contributed by atoms with Crippen LogP contribution >= 0.6 is 27.5 Å². The Labute approximate surface area is 62.7 Å². The Balaban J connectivity index is 3.35. The van der Waals surface area contributed by atoms with Crippen molar-refractivity contribution < 1.29 is 0 Å². The van der Waals surface area contributed by atoms with Crippen molar-refractivity contribution in [1.29, 1.82) is 0 Å². The lowest BCUT2D eigenvalue weighted by Gasteiger charge is -1.66. The van der Waals surface area contributed by atoms with Crippen LogP contribution in [0.1, 0.15) is 0 Å². The zero-order chi connectivity index (χ0) is 6.24. The fraction of sp³-hybridized carbons (Fsp3) is 0. The number of hydrogen-bond donors (Lipinski definition) is 0. The molecular weight excluding hydrogens is 187 g/mol. The first-order chi connectivity index (χ1) is 3.91. The summed E-state index contributed by atoms with van der Waals surface area (Å²) < 4.78 is 0. The Morgan fingerprint density at radius 3 is 2.12 bits per heavy atom. The molecular formula is C6H6BrCl. The Morgan fingerprint density at radius 2 is 1.62 bits per heavy atom. The van der Waals surface area contributed by atoms with Gasteiger partial charge in [-0.3, -0.25) is 0 Å². The molecule has 0 bridgehead atoms. The van der Waals surface area contributed by atoms with E-state index in [0.29, 0.717) is 0 Å². The molecule has 0 spiro atoms.